The van der Waals surface area contributed by atoms with Crippen LogP contribution in [0.25, 0.3) is 11.5 Å². The number of hydrogen-bond acceptors (Lipinski definition) is 6. The highest BCUT2D eigenvalue weighted by molar-refractivity contribution is 7.98. The molecule has 0 saturated heterocycles. The Hall–Kier alpha value is -2.18. The van der Waals surface area contributed by atoms with Gasteiger partial charge in [0.05, 0.1) is 18.2 Å². The van der Waals surface area contributed by atoms with Crippen LogP contribution in [0.4, 0.5) is 0 Å². The van der Waals surface area contributed by atoms with E-state index < -0.39 is 0 Å². The highest BCUT2D eigenvalue weighted by Gasteiger charge is 2.16. The zero-order valence-corrected chi connectivity index (χ0v) is 16.7. The largest absolute Gasteiger partial charge is 0.489 e. The summed E-state index contributed by atoms with van der Waals surface area (Å²) >= 11 is 7.81. The molecule has 2 heterocycles. The molecule has 0 aliphatic carbocycles. The highest BCUT2D eigenvalue weighted by Crippen LogP contribution is 2.39. The van der Waals surface area contributed by atoms with Gasteiger partial charge in [-0.3, -0.25) is 0 Å². The number of aryl methyl sites for hydroxylation is 2. The van der Waals surface area contributed by atoms with E-state index in [2.05, 4.69) is 36.2 Å². The molecule has 0 amide bonds. The SMILES string of the molecule is Cc1ccc(-c2nnc(SCc3cc(Cl)c4c(c3)OCCCO4)o2)cc1C. The van der Waals surface area contributed by atoms with E-state index >= 15 is 0 Å². The zero-order valence-electron chi connectivity index (χ0n) is 15.1. The molecule has 27 heavy (non-hydrogen) atoms. The van der Waals surface area contributed by atoms with E-state index in [4.69, 9.17) is 25.5 Å². The monoisotopic (exact) mass is 402 g/mol. The first kappa shape index (κ1) is 18.2. The summed E-state index contributed by atoms with van der Waals surface area (Å²) in [7, 11) is 0. The van der Waals surface area contributed by atoms with Gasteiger partial charge in [-0.2, -0.15) is 0 Å². The first-order valence-corrected chi connectivity index (χ1v) is 10.1. The number of rotatable bonds is 4. The Balaban J connectivity index is 1.48. The van der Waals surface area contributed by atoms with Crippen molar-refractivity contribution in [3.8, 4) is 23.0 Å². The van der Waals surface area contributed by atoms with Gasteiger partial charge in [-0.15, -0.1) is 10.2 Å². The number of benzene rings is 2. The van der Waals surface area contributed by atoms with E-state index in [9.17, 15) is 0 Å². The van der Waals surface area contributed by atoms with E-state index in [1.165, 1.54) is 22.9 Å². The van der Waals surface area contributed by atoms with Crippen LogP contribution in [0.3, 0.4) is 0 Å². The third kappa shape index (κ3) is 4.06. The Morgan fingerprint density at radius 2 is 1.89 bits per heavy atom. The molecular formula is C20H19ClN2O3S. The van der Waals surface area contributed by atoms with Gasteiger partial charge in [-0.1, -0.05) is 29.4 Å². The van der Waals surface area contributed by atoms with Gasteiger partial charge < -0.3 is 13.9 Å². The quantitative estimate of drug-likeness (QED) is 0.540. The topological polar surface area (TPSA) is 57.4 Å². The van der Waals surface area contributed by atoms with Crippen LogP contribution in [-0.2, 0) is 5.75 Å². The summed E-state index contributed by atoms with van der Waals surface area (Å²) in [6.45, 7) is 5.39. The predicted octanol–water partition coefficient (Wildman–Crippen LogP) is 5.46. The van der Waals surface area contributed by atoms with Gasteiger partial charge in [0.15, 0.2) is 11.5 Å². The summed E-state index contributed by atoms with van der Waals surface area (Å²) in [5.74, 6) is 2.48. The molecule has 0 saturated carbocycles. The van der Waals surface area contributed by atoms with Crippen LogP contribution in [0, 0.1) is 13.8 Å². The number of hydrogen-bond donors (Lipinski definition) is 0. The molecule has 4 rings (SSSR count). The maximum absolute atomic E-state index is 6.35. The van der Waals surface area contributed by atoms with Gasteiger partial charge in [0.1, 0.15) is 0 Å². The molecule has 0 spiro atoms. The van der Waals surface area contributed by atoms with E-state index in [1.807, 2.05) is 18.2 Å². The van der Waals surface area contributed by atoms with Gasteiger partial charge >= 0.3 is 0 Å². The Labute approximate surface area is 167 Å². The fraction of sp³-hybridized carbons (Fsp3) is 0.300. The number of fused-ring (bicyclic) bond motifs is 1. The minimum atomic E-state index is 0.520. The normalized spacial score (nSPS) is 13.4. The van der Waals surface area contributed by atoms with Gasteiger partial charge in [-0.25, -0.2) is 0 Å². The zero-order chi connectivity index (χ0) is 18.8. The molecule has 0 unspecified atom stereocenters. The van der Waals surface area contributed by atoms with Crippen LogP contribution < -0.4 is 9.47 Å². The minimum Gasteiger partial charge on any atom is -0.489 e. The molecule has 140 valence electrons. The summed E-state index contributed by atoms with van der Waals surface area (Å²) in [4.78, 5) is 0. The Bertz CT molecular complexity index is 974. The van der Waals surface area contributed by atoms with Crippen LogP contribution in [0.1, 0.15) is 23.1 Å². The van der Waals surface area contributed by atoms with Crippen LogP contribution in [0.2, 0.25) is 5.02 Å². The third-order valence-corrected chi connectivity index (χ3v) is 5.55. The van der Waals surface area contributed by atoms with E-state index in [0.29, 0.717) is 46.6 Å². The van der Waals surface area contributed by atoms with Crippen molar-refractivity contribution >= 4 is 23.4 Å². The van der Waals surface area contributed by atoms with Crippen LogP contribution in [0.5, 0.6) is 11.5 Å². The van der Waals surface area contributed by atoms with Gasteiger partial charge in [0.25, 0.3) is 5.22 Å². The molecule has 2 aromatic carbocycles. The molecule has 3 aromatic rings. The lowest BCUT2D eigenvalue weighted by molar-refractivity contribution is 0.297. The second-order valence-corrected chi connectivity index (χ2v) is 7.75. The van der Waals surface area contributed by atoms with Crippen LogP contribution in [0.15, 0.2) is 40.0 Å². The minimum absolute atomic E-state index is 0.520. The maximum Gasteiger partial charge on any atom is 0.277 e. The van der Waals surface area contributed by atoms with Crippen molar-refractivity contribution in [3.05, 3.63) is 52.0 Å². The molecule has 0 atom stereocenters. The first-order valence-electron chi connectivity index (χ1n) is 8.72. The summed E-state index contributed by atoms with van der Waals surface area (Å²) in [5, 5.41) is 9.38. The number of halogens is 1. The van der Waals surface area contributed by atoms with E-state index in [1.54, 1.807) is 0 Å². The number of nitrogens with zero attached hydrogens (tertiary/aromatic N) is 2. The molecule has 1 aliphatic rings. The predicted molar refractivity (Wildman–Crippen MR) is 106 cm³/mol. The van der Waals surface area contributed by atoms with Gasteiger partial charge in [-0.05, 0) is 54.8 Å². The first-order chi connectivity index (χ1) is 13.1. The smallest absolute Gasteiger partial charge is 0.277 e. The lowest BCUT2D eigenvalue weighted by atomic mass is 10.1. The molecule has 0 radical (unpaired) electrons. The molecular weight excluding hydrogens is 384 g/mol. The lowest BCUT2D eigenvalue weighted by Crippen LogP contribution is -1.97. The Morgan fingerprint density at radius 1 is 1.04 bits per heavy atom. The standard InChI is InChI=1S/C20H19ClN2O3S/c1-12-4-5-15(8-13(12)2)19-22-23-20(26-19)27-11-14-9-16(21)18-17(10-14)24-6-3-7-25-18/h4-5,8-10H,3,6-7,11H2,1-2H3. The molecule has 0 N–H and O–H groups in total. The summed E-state index contributed by atoms with van der Waals surface area (Å²) in [6.07, 6.45) is 0.846. The summed E-state index contributed by atoms with van der Waals surface area (Å²) < 4.78 is 17.2. The van der Waals surface area contributed by atoms with Crippen molar-refractivity contribution in [3.63, 3.8) is 0 Å². The molecule has 1 aliphatic heterocycles. The number of aromatic nitrogens is 2. The lowest BCUT2D eigenvalue weighted by Gasteiger charge is -2.11. The molecule has 0 bridgehead atoms. The van der Waals surface area contributed by atoms with Gasteiger partial charge in [0.2, 0.25) is 5.89 Å². The van der Waals surface area contributed by atoms with Crippen LogP contribution >= 0.6 is 23.4 Å². The fourth-order valence-corrected chi connectivity index (χ4v) is 3.75. The van der Waals surface area contributed by atoms with E-state index in [-0.39, 0.29) is 0 Å². The summed E-state index contributed by atoms with van der Waals surface area (Å²) in [5.41, 5.74) is 4.37. The average molecular weight is 403 g/mol. The highest BCUT2D eigenvalue weighted by atomic mass is 35.5. The maximum atomic E-state index is 6.35. The van der Waals surface area contributed by atoms with Crippen molar-refractivity contribution in [2.24, 2.45) is 0 Å². The molecule has 1 aromatic heterocycles. The van der Waals surface area contributed by atoms with Crippen molar-refractivity contribution in [2.45, 2.75) is 31.2 Å². The Kier molecular flexibility index (Phi) is 5.27. The molecule has 5 nitrogen and oxygen atoms in total. The fourth-order valence-electron chi connectivity index (χ4n) is 2.77. The molecule has 0 fully saturated rings. The summed E-state index contributed by atoms with van der Waals surface area (Å²) in [6, 6.07) is 9.96. The second-order valence-electron chi connectivity index (χ2n) is 6.42. The van der Waals surface area contributed by atoms with E-state index in [0.717, 1.165) is 17.5 Å². The van der Waals surface area contributed by atoms with Crippen molar-refractivity contribution in [1.82, 2.24) is 10.2 Å². The van der Waals surface area contributed by atoms with Crippen LogP contribution in [-0.4, -0.2) is 23.4 Å². The average Bonchev–Trinajstić information content (AvgIpc) is 3.00. The molecule has 7 heteroatoms. The Morgan fingerprint density at radius 3 is 2.74 bits per heavy atom. The van der Waals surface area contributed by atoms with Gasteiger partial charge in [0, 0.05) is 17.7 Å². The van der Waals surface area contributed by atoms with Crippen molar-refractivity contribution in [2.75, 3.05) is 13.2 Å². The van der Waals surface area contributed by atoms with Crippen molar-refractivity contribution in [1.29, 1.82) is 0 Å². The third-order valence-electron chi connectivity index (χ3n) is 4.38. The number of thioether (sulfide) groups is 1. The number of ether oxygens (including phenoxy) is 2. The van der Waals surface area contributed by atoms with Crippen molar-refractivity contribution < 1.29 is 13.9 Å². The second kappa shape index (κ2) is 7.82.